The molecule has 2 aromatic rings. The van der Waals surface area contributed by atoms with E-state index in [9.17, 15) is 10.1 Å². The average molecular weight is 348 g/mol. The first-order valence-corrected chi connectivity index (χ1v) is 7.76. The summed E-state index contributed by atoms with van der Waals surface area (Å²) in [5, 5.41) is 15.5. The quantitative estimate of drug-likeness (QED) is 0.523. The minimum absolute atomic E-state index is 0.317. The standard InChI is InChI=1S/C16H14ClN3O2S/c1-19-15(23)18-14-8-7-12(17)9-13(14)16(19,10-20(21)22)11-5-3-2-4-6-11/h2-9H,10H2,1H3,(H,18,23). The lowest BCUT2D eigenvalue weighted by molar-refractivity contribution is -0.493. The topological polar surface area (TPSA) is 58.4 Å². The lowest BCUT2D eigenvalue weighted by Crippen LogP contribution is -2.56. The minimum atomic E-state index is -1.01. The van der Waals surface area contributed by atoms with Crippen LogP contribution in [-0.2, 0) is 5.54 Å². The van der Waals surface area contributed by atoms with Crippen LogP contribution in [0.3, 0.4) is 0 Å². The maximum absolute atomic E-state index is 11.5. The molecule has 0 radical (unpaired) electrons. The SMILES string of the molecule is CN1C(=S)Nc2ccc(Cl)cc2C1(C[N+](=O)[O-])c1ccccc1. The Morgan fingerprint density at radius 1 is 1.30 bits per heavy atom. The summed E-state index contributed by atoms with van der Waals surface area (Å²) in [4.78, 5) is 12.9. The van der Waals surface area contributed by atoms with Crippen molar-refractivity contribution in [2.45, 2.75) is 5.54 Å². The van der Waals surface area contributed by atoms with E-state index in [4.69, 9.17) is 23.8 Å². The van der Waals surface area contributed by atoms with E-state index in [1.54, 1.807) is 30.1 Å². The molecule has 5 nitrogen and oxygen atoms in total. The first kappa shape index (κ1) is 15.7. The van der Waals surface area contributed by atoms with Crippen molar-refractivity contribution < 1.29 is 4.92 Å². The van der Waals surface area contributed by atoms with Crippen LogP contribution in [0.1, 0.15) is 11.1 Å². The molecule has 0 saturated heterocycles. The van der Waals surface area contributed by atoms with E-state index in [1.807, 2.05) is 30.3 Å². The van der Waals surface area contributed by atoms with Gasteiger partial charge in [0, 0.05) is 28.2 Å². The number of hydrogen-bond acceptors (Lipinski definition) is 3. The first-order valence-electron chi connectivity index (χ1n) is 6.97. The second-order valence-electron chi connectivity index (χ2n) is 5.40. The molecule has 7 heteroatoms. The number of anilines is 1. The zero-order chi connectivity index (χ0) is 16.6. The molecule has 0 bridgehead atoms. The fraction of sp³-hybridized carbons (Fsp3) is 0.188. The van der Waals surface area contributed by atoms with Gasteiger partial charge >= 0.3 is 0 Å². The summed E-state index contributed by atoms with van der Waals surface area (Å²) in [7, 11) is 1.76. The third kappa shape index (κ3) is 2.54. The summed E-state index contributed by atoms with van der Waals surface area (Å²) >= 11 is 11.6. The third-order valence-corrected chi connectivity index (χ3v) is 4.77. The first-order chi connectivity index (χ1) is 10.9. The Balaban J connectivity index is 2.35. The monoisotopic (exact) mass is 347 g/mol. The lowest BCUT2D eigenvalue weighted by atomic mass is 9.79. The molecule has 1 N–H and O–H groups in total. The maximum Gasteiger partial charge on any atom is 0.235 e. The molecule has 0 spiro atoms. The van der Waals surface area contributed by atoms with Crippen molar-refractivity contribution in [3.63, 3.8) is 0 Å². The van der Waals surface area contributed by atoms with E-state index in [2.05, 4.69) is 5.32 Å². The highest BCUT2D eigenvalue weighted by Gasteiger charge is 2.48. The molecular formula is C16H14ClN3O2S. The van der Waals surface area contributed by atoms with Crippen LogP contribution in [0.2, 0.25) is 5.02 Å². The van der Waals surface area contributed by atoms with Crippen LogP contribution in [0.5, 0.6) is 0 Å². The number of hydrogen-bond donors (Lipinski definition) is 1. The molecule has 1 atom stereocenters. The minimum Gasteiger partial charge on any atom is -0.332 e. The smallest absolute Gasteiger partial charge is 0.235 e. The summed E-state index contributed by atoms with van der Waals surface area (Å²) in [5.74, 6) is 0. The third-order valence-electron chi connectivity index (χ3n) is 4.16. The van der Waals surface area contributed by atoms with Crippen molar-refractivity contribution in [1.29, 1.82) is 0 Å². The molecule has 1 heterocycles. The zero-order valence-corrected chi connectivity index (χ0v) is 13.9. The highest BCUT2D eigenvalue weighted by Crippen LogP contribution is 2.43. The predicted molar refractivity (Wildman–Crippen MR) is 94.5 cm³/mol. The van der Waals surface area contributed by atoms with Gasteiger partial charge in [0.05, 0.1) is 0 Å². The van der Waals surface area contributed by atoms with Crippen molar-refractivity contribution in [3.8, 4) is 0 Å². The Morgan fingerprint density at radius 2 is 2.00 bits per heavy atom. The summed E-state index contributed by atoms with van der Waals surface area (Å²) < 4.78 is 0. The lowest BCUT2D eigenvalue weighted by Gasteiger charge is -2.45. The predicted octanol–water partition coefficient (Wildman–Crippen LogP) is 3.50. The van der Waals surface area contributed by atoms with Gasteiger partial charge in [0.2, 0.25) is 6.54 Å². The summed E-state index contributed by atoms with van der Waals surface area (Å²) in [6, 6.07) is 14.6. The van der Waals surface area contributed by atoms with Crippen LogP contribution in [0, 0.1) is 10.1 Å². The van der Waals surface area contributed by atoms with Crippen molar-refractivity contribution >= 4 is 34.6 Å². The van der Waals surface area contributed by atoms with E-state index in [0.29, 0.717) is 10.1 Å². The van der Waals surface area contributed by atoms with Crippen LogP contribution < -0.4 is 5.32 Å². The van der Waals surface area contributed by atoms with Crippen LogP contribution >= 0.6 is 23.8 Å². The highest BCUT2D eigenvalue weighted by molar-refractivity contribution is 7.80. The fourth-order valence-electron chi connectivity index (χ4n) is 3.05. The van der Waals surface area contributed by atoms with Gasteiger partial charge < -0.3 is 10.2 Å². The maximum atomic E-state index is 11.5. The molecule has 1 aliphatic heterocycles. The van der Waals surface area contributed by atoms with Gasteiger partial charge in [-0.15, -0.1) is 0 Å². The number of halogens is 1. The van der Waals surface area contributed by atoms with Gasteiger partial charge in [0.1, 0.15) is 0 Å². The van der Waals surface area contributed by atoms with E-state index in [1.165, 1.54) is 0 Å². The number of nitrogens with zero attached hydrogens (tertiary/aromatic N) is 2. The van der Waals surface area contributed by atoms with Crippen molar-refractivity contribution in [2.75, 3.05) is 18.9 Å². The Labute approximate surface area is 144 Å². The number of likely N-dealkylation sites (N-methyl/N-ethyl adjacent to an activating group) is 1. The molecule has 2 aromatic carbocycles. The molecule has 0 saturated carbocycles. The highest BCUT2D eigenvalue weighted by atomic mass is 35.5. The van der Waals surface area contributed by atoms with Crippen LogP contribution in [-0.4, -0.2) is 28.5 Å². The molecular weight excluding hydrogens is 334 g/mol. The van der Waals surface area contributed by atoms with E-state index >= 15 is 0 Å². The Morgan fingerprint density at radius 3 is 2.65 bits per heavy atom. The molecule has 0 amide bonds. The van der Waals surface area contributed by atoms with Gasteiger partial charge in [0.25, 0.3) is 0 Å². The van der Waals surface area contributed by atoms with Gasteiger partial charge in [-0.05, 0) is 36.0 Å². The second-order valence-corrected chi connectivity index (χ2v) is 6.22. The van der Waals surface area contributed by atoms with Gasteiger partial charge in [-0.1, -0.05) is 41.9 Å². The Bertz CT molecular complexity index is 784. The van der Waals surface area contributed by atoms with Crippen LogP contribution in [0.15, 0.2) is 48.5 Å². The van der Waals surface area contributed by atoms with E-state index in [-0.39, 0.29) is 11.5 Å². The molecule has 118 valence electrons. The van der Waals surface area contributed by atoms with Crippen LogP contribution in [0.25, 0.3) is 0 Å². The largest absolute Gasteiger partial charge is 0.332 e. The Kier molecular flexibility index (Phi) is 3.95. The van der Waals surface area contributed by atoms with E-state index < -0.39 is 5.54 Å². The number of fused-ring (bicyclic) bond motifs is 1. The molecule has 3 rings (SSSR count). The number of nitrogens with one attached hydrogen (secondary N) is 1. The molecule has 23 heavy (non-hydrogen) atoms. The molecule has 1 aliphatic rings. The van der Waals surface area contributed by atoms with Gasteiger partial charge in [0.15, 0.2) is 10.7 Å². The fourth-order valence-corrected chi connectivity index (χ4v) is 3.49. The average Bonchev–Trinajstić information content (AvgIpc) is 2.53. The zero-order valence-electron chi connectivity index (χ0n) is 12.3. The normalized spacial score (nSPS) is 19.9. The van der Waals surface area contributed by atoms with Gasteiger partial charge in [-0.25, -0.2) is 0 Å². The Hall–Kier alpha value is -2.18. The number of nitro groups is 1. The van der Waals surface area contributed by atoms with Crippen molar-refractivity contribution in [1.82, 2.24) is 4.90 Å². The molecule has 0 aromatic heterocycles. The molecule has 0 aliphatic carbocycles. The van der Waals surface area contributed by atoms with Crippen molar-refractivity contribution in [2.24, 2.45) is 0 Å². The number of benzene rings is 2. The number of thiocarbonyl (C=S) groups is 1. The number of rotatable bonds is 3. The van der Waals surface area contributed by atoms with E-state index in [0.717, 1.165) is 16.8 Å². The summed E-state index contributed by atoms with van der Waals surface area (Å²) in [6.45, 7) is -0.317. The molecule has 0 fully saturated rings. The van der Waals surface area contributed by atoms with Crippen LogP contribution in [0.4, 0.5) is 5.69 Å². The van der Waals surface area contributed by atoms with Crippen molar-refractivity contribution in [3.05, 3.63) is 74.8 Å². The van der Waals surface area contributed by atoms with Gasteiger partial charge in [-0.3, -0.25) is 10.1 Å². The summed E-state index contributed by atoms with van der Waals surface area (Å²) in [6.07, 6.45) is 0. The summed E-state index contributed by atoms with van der Waals surface area (Å²) in [5.41, 5.74) is 1.27. The molecule has 1 unspecified atom stereocenters. The van der Waals surface area contributed by atoms with Gasteiger partial charge in [-0.2, -0.15) is 0 Å². The second kappa shape index (κ2) is 5.79.